The normalized spacial score (nSPS) is 22.9. The van der Waals surface area contributed by atoms with Crippen LogP contribution in [0.3, 0.4) is 0 Å². The smallest absolute Gasteiger partial charge is 0.318 e. The molecule has 0 saturated carbocycles. The number of likely N-dealkylation sites (tertiary alicyclic amines) is 1. The number of amides is 2. The fourth-order valence-corrected chi connectivity index (χ4v) is 3.08. The molecule has 1 aromatic carbocycles. The summed E-state index contributed by atoms with van der Waals surface area (Å²) in [5.74, 6) is 0.723. The van der Waals surface area contributed by atoms with Gasteiger partial charge in [0, 0.05) is 25.1 Å². The van der Waals surface area contributed by atoms with Crippen molar-refractivity contribution in [3.8, 4) is 0 Å². The predicted octanol–water partition coefficient (Wildman–Crippen LogP) is 3.28. The Kier molecular flexibility index (Phi) is 5.46. The number of rotatable bonds is 4. The van der Waals surface area contributed by atoms with Gasteiger partial charge in [0.25, 0.3) is 0 Å². The molecule has 2 rings (SSSR count). The van der Waals surface area contributed by atoms with Crippen LogP contribution in [0.2, 0.25) is 0 Å². The standard InChI is InChI=1S/C18H28N2O2/c1-12(2)16-5-7-17(8-6-16)14(4)19-18(22)20-10-15(11-21)9-13(20)3/h5-8,12-15,21H,9-11H2,1-4H3,(H,19,22). The van der Waals surface area contributed by atoms with Crippen molar-refractivity contribution in [2.75, 3.05) is 13.2 Å². The third kappa shape index (κ3) is 3.80. The lowest BCUT2D eigenvalue weighted by Gasteiger charge is -2.25. The first kappa shape index (κ1) is 16.8. The molecule has 122 valence electrons. The van der Waals surface area contributed by atoms with Gasteiger partial charge in [-0.05, 0) is 37.3 Å². The number of aliphatic hydroxyl groups is 1. The van der Waals surface area contributed by atoms with E-state index < -0.39 is 0 Å². The zero-order valence-corrected chi connectivity index (χ0v) is 14.0. The van der Waals surface area contributed by atoms with E-state index in [1.54, 1.807) is 0 Å². The minimum Gasteiger partial charge on any atom is -0.396 e. The highest BCUT2D eigenvalue weighted by Gasteiger charge is 2.32. The highest BCUT2D eigenvalue weighted by Crippen LogP contribution is 2.24. The second-order valence-corrected chi connectivity index (χ2v) is 6.78. The van der Waals surface area contributed by atoms with E-state index in [1.807, 2.05) is 18.7 Å². The molecule has 1 heterocycles. The molecule has 1 aliphatic rings. The molecule has 22 heavy (non-hydrogen) atoms. The Hall–Kier alpha value is -1.55. The molecule has 0 radical (unpaired) electrons. The average molecular weight is 304 g/mol. The van der Waals surface area contributed by atoms with E-state index in [4.69, 9.17) is 0 Å². The lowest BCUT2D eigenvalue weighted by atomic mass is 10.00. The molecule has 1 saturated heterocycles. The van der Waals surface area contributed by atoms with Gasteiger partial charge in [0.2, 0.25) is 0 Å². The highest BCUT2D eigenvalue weighted by molar-refractivity contribution is 5.75. The fraction of sp³-hybridized carbons (Fsp3) is 0.611. The molecule has 4 heteroatoms. The van der Waals surface area contributed by atoms with Gasteiger partial charge in [-0.15, -0.1) is 0 Å². The molecule has 2 amide bonds. The maximum absolute atomic E-state index is 12.4. The third-order valence-corrected chi connectivity index (χ3v) is 4.62. The topological polar surface area (TPSA) is 52.6 Å². The first-order valence-electron chi connectivity index (χ1n) is 8.20. The van der Waals surface area contributed by atoms with Gasteiger partial charge in [-0.25, -0.2) is 4.79 Å². The van der Waals surface area contributed by atoms with Crippen molar-refractivity contribution in [1.82, 2.24) is 10.2 Å². The molecule has 3 atom stereocenters. The van der Waals surface area contributed by atoms with Gasteiger partial charge in [0.1, 0.15) is 0 Å². The summed E-state index contributed by atoms with van der Waals surface area (Å²) in [5.41, 5.74) is 2.42. The predicted molar refractivity (Wildman–Crippen MR) is 88.8 cm³/mol. The molecule has 0 aliphatic carbocycles. The maximum atomic E-state index is 12.4. The summed E-state index contributed by atoms with van der Waals surface area (Å²) in [6, 6.07) is 8.56. The number of nitrogens with one attached hydrogen (secondary N) is 1. The first-order valence-corrected chi connectivity index (χ1v) is 8.20. The number of carbonyl (C=O) groups excluding carboxylic acids is 1. The Morgan fingerprint density at radius 3 is 2.36 bits per heavy atom. The lowest BCUT2D eigenvalue weighted by Crippen LogP contribution is -2.43. The second kappa shape index (κ2) is 7.14. The van der Waals surface area contributed by atoms with Crippen molar-refractivity contribution < 1.29 is 9.90 Å². The van der Waals surface area contributed by atoms with E-state index in [0.29, 0.717) is 12.5 Å². The average Bonchev–Trinajstić information content (AvgIpc) is 2.88. The van der Waals surface area contributed by atoms with Gasteiger partial charge in [0.05, 0.1) is 6.04 Å². The fourth-order valence-electron chi connectivity index (χ4n) is 3.08. The number of hydrogen-bond acceptors (Lipinski definition) is 2. The van der Waals surface area contributed by atoms with Gasteiger partial charge in [-0.1, -0.05) is 38.1 Å². The number of benzene rings is 1. The maximum Gasteiger partial charge on any atom is 0.318 e. The second-order valence-electron chi connectivity index (χ2n) is 6.78. The van der Waals surface area contributed by atoms with E-state index in [2.05, 4.69) is 43.4 Å². The van der Waals surface area contributed by atoms with Crippen molar-refractivity contribution in [1.29, 1.82) is 0 Å². The van der Waals surface area contributed by atoms with Crippen molar-refractivity contribution in [2.24, 2.45) is 5.92 Å². The summed E-state index contributed by atoms with van der Waals surface area (Å²) in [5, 5.41) is 12.3. The summed E-state index contributed by atoms with van der Waals surface area (Å²) in [7, 11) is 0. The molecule has 1 aromatic rings. The number of carbonyl (C=O) groups is 1. The van der Waals surface area contributed by atoms with Crippen molar-refractivity contribution in [3.05, 3.63) is 35.4 Å². The molecular formula is C18H28N2O2. The van der Waals surface area contributed by atoms with Gasteiger partial charge >= 0.3 is 6.03 Å². The minimum absolute atomic E-state index is 0.0194. The summed E-state index contributed by atoms with van der Waals surface area (Å²) in [6.07, 6.45) is 0.876. The molecular weight excluding hydrogens is 276 g/mol. The third-order valence-electron chi connectivity index (χ3n) is 4.62. The van der Waals surface area contributed by atoms with E-state index in [9.17, 15) is 9.90 Å². The zero-order chi connectivity index (χ0) is 16.3. The molecule has 0 aromatic heterocycles. The first-order chi connectivity index (χ1) is 10.4. The van der Waals surface area contributed by atoms with Crippen LogP contribution in [0.25, 0.3) is 0 Å². The van der Waals surface area contributed by atoms with Crippen LogP contribution in [-0.4, -0.2) is 35.2 Å². The lowest BCUT2D eigenvalue weighted by molar-refractivity contribution is 0.187. The van der Waals surface area contributed by atoms with Gasteiger partial charge < -0.3 is 15.3 Å². The van der Waals surface area contributed by atoms with Crippen molar-refractivity contribution >= 4 is 6.03 Å². The van der Waals surface area contributed by atoms with E-state index in [0.717, 1.165) is 12.0 Å². The minimum atomic E-state index is -0.0381. The SMILES string of the molecule is CC(C)c1ccc(C(C)NC(=O)N2CC(CO)CC2C)cc1. The summed E-state index contributed by atoms with van der Waals surface area (Å²) in [4.78, 5) is 14.2. The Morgan fingerprint density at radius 2 is 1.86 bits per heavy atom. The quantitative estimate of drug-likeness (QED) is 0.897. The Labute approximate surface area is 133 Å². The van der Waals surface area contributed by atoms with Crippen LogP contribution < -0.4 is 5.32 Å². The molecule has 4 nitrogen and oxygen atoms in total. The van der Waals surface area contributed by atoms with Crippen LogP contribution in [0, 0.1) is 5.92 Å². The Morgan fingerprint density at radius 1 is 1.27 bits per heavy atom. The van der Waals surface area contributed by atoms with Crippen molar-refractivity contribution in [3.63, 3.8) is 0 Å². The Balaban J connectivity index is 1.96. The summed E-state index contributed by atoms with van der Waals surface area (Å²) < 4.78 is 0. The summed E-state index contributed by atoms with van der Waals surface area (Å²) in [6.45, 7) is 9.19. The van der Waals surface area contributed by atoms with Crippen LogP contribution in [0.15, 0.2) is 24.3 Å². The molecule has 0 bridgehead atoms. The molecule has 1 fully saturated rings. The monoisotopic (exact) mass is 304 g/mol. The van der Waals surface area contributed by atoms with Crippen LogP contribution in [-0.2, 0) is 0 Å². The largest absolute Gasteiger partial charge is 0.396 e. The number of hydrogen-bond donors (Lipinski definition) is 2. The summed E-state index contributed by atoms with van der Waals surface area (Å²) >= 11 is 0. The van der Waals surface area contributed by atoms with Gasteiger partial charge in [0.15, 0.2) is 0 Å². The number of nitrogens with zero attached hydrogens (tertiary/aromatic N) is 1. The van der Waals surface area contributed by atoms with Crippen LogP contribution in [0.5, 0.6) is 0 Å². The van der Waals surface area contributed by atoms with Crippen LogP contribution in [0.1, 0.15) is 57.2 Å². The van der Waals surface area contributed by atoms with E-state index in [1.165, 1.54) is 5.56 Å². The van der Waals surface area contributed by atoms with E-state index in [-0.39, 0.29) is 30.6 Å². The van der Waals surface area contributed by atoms with Gasteiger partial charge in [-0.2, -0.15) is 0 Å². The number of aliphatic hydroxyl groups excluding tert-OH is 1. The van der Waals surface area contributed by atoms with Crippen molar-refractivity contribution in [2.45, 2.75) is 52.1 Å². The highest BCUT2D eigenvalue weighted by atomic mass is 16.3. The molecule has 1 aliphatic heterocycles. The Bertz CT molecular complexity index is 498. The molecule has 2 N–H and O–H groups in total. The van der Waals surface area contributed by atoms with Crippen LogP contribution >= 0.6 is 0 Å². The molecule has 3 unspecified atom stereocenters. The zero-order valence-electron chi connectivity index (χ0n) is 14.0. The number of urea groups is 1. The molecule has 0 spiro atoms. The van der Waals surface area contributed by atoms with Crippen LogP contribution in [0.4, 0.5) is 4.79 Å². The van der Waals surface area contributed by atoms with Gasteiger partial charge in [-0.3, -0.25) is 0 Å². The van der Waals surface area contributed by atoms with E-state index >= 15 is 0 Å².